The van der Waals surface area contributed by atoms with Gasteiger partial charge in [0.1, 0.15) is 17.2 Å². The van der Waals surface area contributed by atoms with Crippen LogP contribution in [0.1, 0.15) is 42.9 Å². The molecule has 8 heteroatoms. The molecule has 0 amide bonds. The fourth-order valence-corrected chi connectivity index (χ4v) is 5.41. The van der Waals surface area contributed by atoms with Crippen molar-refractivity contribution >= 4 is 5.97 Å². The molecule has 0 radical (unpaired) electrons. The van der Waals surface area contributed by atoms with Crippen molar-refractivity contribution in [3.05, 3.63) is 95.1 Å². The van der Waals surface area contributed by atoms with E-state index in [-0.39, 0.29) is 29.9 Å². The zero-order chi connectivity index (χ0) is 28.5. The topological polar surface area (TPSA) is 68.2 Å². The molecule has 40 heavy (non-hydrogen) atoms. The lowest BCUT2D eigenvalue weighted by Gasteiger charge is -2.42. The maximum Gasteiger partial charge on any atom is 0.310 e. The highest BCUT2D eigenvalue weighted by Gasteiger charge is 2.41. The minimum Gasteiger partial charge on any atom is -0.493 e. The number of ether oxygens (including phenoxy) is 3. The van der Waals surface area contributed by atoms with Crippen molar-refractivity contribution in [2.24, 2.45) is 5.92 Å². The normalized spacial score (nSPS) is 14.6. The van der Waals surface area contributed by atoms with Crippen molar-refractivity contribution < 1.29 is 32.9 Å². The number of benzene rings is 3. The van der Waals surface area contributed by atoms with Gasteiger partial charge in [-0.25, -0.2) is 8.78 Å². The lowest BCUT2D eigenvalue weighted by Crippen LogP contribution is -2.44. The van der Waals surface area contributed by atoms with Gasteiger partial charge in [0.2, 0.25) is 0 Å². The fraction of sp³-hybridized carbons (Fsp3) is 0.406. The van der Waals surface area contributed by atoms with Gasteiger partial charge in [-0.05, 0) is 98.3 Å². The van der Waals surface area contributed by atoms with Crippen LogP contribution in [0.25, 0.3) is 0 Å². The largest absolute Gasteiger partial charge is 0.493 e. The number of likely N-dealkylation sites (tertiary alicyclic amines) is 1. The second-order valence-corrected chi connectivity index (χ2v) is 10.1. The summed E-state index contributed by atoms with van der Waals surface area (Å²) in [5.74, 6) is 0.0741. The summed E-state index contributed by atoms with van der Waals surface area (Å²) in [5, 5.41) is 12.0. The summed E-state index contributed by atoms with van der Waals surface area (Å²) >= 11 is 0. The highest BCUT2D eigenvalue weighted by Crippen LogP contribution is 2.42. The van der Waals surface area contributed by atoms with E-state index in [2.05, 4.69) is 4.90 Å². The predicted molar refractivity (Wildman–Crippen MR) is 148 cm³/mol. The summed E-state index contributed by atoms with van der Waals surface area (Å²) in [4.78, 5) is 14.1. The van der Waals surface area contributed by atoms with Gasteiger partial charge in [-0.1, -0.05) is 30.3 Å². The fourth-order valence-electron chi connectivity index (χ4n) is 5.41. The number of carbonyl (C=O) groups is 1. The predicted octanol–water partition coefficient (Wildman–Crippen LogP) is 5.50. The number of hydrogen-bond acceptors (Lipinski definition) is 6. The second kappa shape index (κ2) is 13.7. The van der Waals surface area contributed by atoms with Crippen LogP contribution in [0, 0.1) is 17.6 Å². The molecule has 1 heterocycles. The maximum atomic E-state index is 13.6. The molecule has 4 rings (SSSR count). The average molecular weight is 554 g/mol. The molecule has 1 N–H and O–H groups in total. The van der Waals surface area contributed by atoms with E-state index in [0.29, 0.717) is 35.8 Å². The molecule has 0 spiro atoms. The van der Waals surface area contributed by atoms with Crippen LogP contribution in [-0.2, 0) is 21.6 Å². The maximum absolute atomic E-state index is 13.6. The smallest absolute Gasteiger partial charge is 0.310 e. The summed E-state index contributed by atoms with van der Waals surface area (Å²) in [5.41, 5.74) is 0.669. The van der Waals surface area contributed by atoms with Crippen molar-refractivity contribution in [2.75, 3.05) is 40.0 Å². The molecule has 214 valence electrons. The Morgan fingerprint density at radius 2 is 1.55 bits per heavy atom. The third-order valence-electron chi connectivity index (χ3n) is 7.51. The van der Waals surface area contributed by atoms with E-state index in [9.17, 15) is 18.7 Å². The zero-order valence-electron chi connectivity index (χ0n) is 23.1. The molecular formula is C32H37F2NO5. The summed E-state index contributed by atoms with van der Waals surface area (Å²) in [6, 6.07) is 17.3. The lowest BCUT2D eigenvalue weighted by atomic mass is 9.72. The zero-order valence-corrected chi connectivity index (χ0v) is 23.1. The molecular weight excluding hydrogens is 516 g/mol. The molecule has 1 fully saturated rings. The van der Waals surface area contributed by atoms with Crippen molar-refractivity contribution in [1.29, 1.82) is 0 Å². The van der Waals surface area contributed by atoms with Crippen LogP contribution in [0.2, 0.25) is 0 Å². The standard InChI is InChI=1S/C32H37F2NO5/c1-3-39-31(36)22-23-5-14-29(30(21-23)38-2)40-20-4-17-35-18-15-26(16-19-35)32(37,24-6-10-27(33)11-7-24)25-8-12-28(34)13-9-25/h5-14,21,26,37H,3-4,15-20,22H2,1-2H3. The van der Waals surface area contributed by atoms with Gasteiger partial charge < -0.3 is 24.2 Å². The highest BCUT2D eigenvalue weighted by atomic mass is 19.1. The molecule has 0 aromatic heterocycles. The summed E-state index contributed by atoms with van der Waals surface area (Å²) < 4.78 is 43.7. The Morgan fingerprint density at radius 1 is 0.950 bits per heavy atom. The minimum absolute atomic E-state index is 0.103. The Bertz CT molecular complexity index is 1200. The molecule has 6 nitrogen and oxygen atoms in total. The van der Waals surface area contributed by atoms with Crippen molar-refractivity contribution in [2.45, 2.75) is 38.2 Å². The number of carbonyl (C=O) groups excluding carboxylic acids is 1. The first-order valence-corrected chi connectivity index (χ1v) is 13.8. The van der Waals surface area contributed by atoms with Crippen molar-refractivity contribution in [3.8, 4) is 11.5 Å². The number of halogens is 2. The van der Waals surface area contributed by atoms with Crippen LogP contribution >= 0.6 is 0 Å². The highest BCUT2D eigenvalue weighted by molar-refractivity contribution is 5.72. The molecule has 1 aliphatic heterocycles. The van der Waals surface area contributed by atoms with Gasteiger partial charge in [-0.15, -0.1) is 0 Å². The monoisotopic (exact) mass is 553 g/mol. The molecule has 3 aromatic rings. The van der Waals surface area contributed by atoms with E-state index in [1.54, 1.807) is 44.4 Å². The van der Waals surface area contributed by atoms with Gasteiger partial charge in [0, 0.05) is 6.54 Å². The Morgan fingerprint density at radius 3 is 2.10 bits per heavy atom. The van der Waals surface area contributed by atoms with E-state index >= 15 is 0 Å². The van der Waals surface area contributed by atoms with Gasteiger partial charge in [0.15, 0.2) is 11.5 Å². The SMILES string of the molecule is CCOC(=O)Cc1ccc(OCCCN2CCC(C(O)(c3ccc(F)cc3)c3ccc(F)cc3)CC2)c(OC)c1. The van der Waals surface area contributed by atoms with Crippen molar-refractivity contribution in [1.82, 2.24) is 4.90 Å². The van der Waals surface area contributed by atoms with Crippen LogP contribution in [0.5, 0.6) is 11.5 Å². The van der Waals surface area contributed by atoms with E-state index in [0.717, 1.165) is 44.5 Å². The molecule has 1 saturated heterocycles. The van der Waals surface area contributed by atoms with Crippen LogP contribution < -0.4 is 9.47 Å². The molecule has 0 bridgehead atoms. The minimum atomic E-state index is -1.34. The molecule has 0 atom stereocenters. The van der Waals surface area contributed by atoms with Crippen LogP contribution in [0.4, 0.5) is 8.78 Å². The Kier molecular flexibility index (Phi) is 10.1. The first-order chi connectivity index (χ1) is 19.3. The summed E-state index contributed by atoms with van der Waals surface area (Å²) in [7, 11) is 1.57. The van der Waals surface area contributed by atoms with Gasteiger partial charge >= 0.3 is 5.97 Å². The number of nitrogens with zero attached hydrogens (tertiary/aromatic N) is 1. The van der Waals surface area contributed by atoms with E-state index in [1.165, 1.54) is 24.3 Å². The van der Waals surface area contributed by atoms with Gasteiger partial charge in [-0.2, -0.15) is 0 Å². The molecule has 1 aliphatic rings. The third-order valence-corrected chi connectivity index (χ3v) is 7.51. The molecule has 3 aromatic carbocycles. The first-order valence-electron chi connectivity index (χ1n) is 13.8. The number of rotatable bonds is 12. The average Bonchev–Trinajstić information content (AvgIpc) is 2.96. The van der Waals surface area contributed by atoms with E-state index in [1.807, 2.05) is 12.1 Å². The lowest BCUT2D eigenvalue weighted by molar-refractivity contribution is -0.142. The second-order valence-electron chi connectivity index (χ2n) is 10.1. The Hall–Kier alpha value is -3.49. The number of methoxy groups -OCH3 is 1. The molecule has 0 unspecified atom stereocenters. The molecule has 0 saturated carbocycles. The van der Waals surface area contributed by atoms with Crippen LogP contribution in [0.3, 0.4) is 0 Å². The van der Waals surface area contributed by atoms with Crippen LogP contribution in [0.15, 0.2) is 66.7 Å². The van der Waals surface area contributed by atoms with Gasteiger partial charge in [0.25, 0.3) is 0 Å². The quantitative estimate of drug-likeness (QED) is 0.236. The number of esters is 1. The van der Waals surface area contributed by atoms with Gasteiger partial charge in [-0.3, -0.25) is 4.79 Å². The van der Waals surface area contributed by atoms with Gasteiger partial charge in [0.05, 0.1) is 26.7 Å². The van der Waals surface area contributed by atoms with E-state index < -0.39 is 5.60 Å². The number of hydrogen-bond donors (Lipinski definition) is 1. The summed E-state index contributed by atoms with van der Waals surface area (Å²) in [6.45, 7) is 5.05. The molecule has 0 aliphatic carbocycles. The van der Waals surface area contributed by atoms with Crippen LogP contribution in [-0.4, -0.2) is 55.9 Å². The Labute approximate surface area is 234 Å². The van der Waals surface area contributed by atoms with Crippen molar-refractivity contribution in [3.63, 3.8) is 0 Å². The van der Waals surface area contributed by atoms with E-state index in [4.69, 9.17) is 14.2 Å². The third kappa shape index (κ3) is 7.17. The first kappa shape index (κ1) is 29.5. The number of aliphatic hydroxyl groups is 1. The number of piperidine rings is 1. The summed E-state index contributed by atoms with van der Waals surface area (Å²) in [6.07, 6.45) is 2.46. The Balaban J connectivity index is 1.31.